The zero-order chi connectivity index (χ0) is 17.3. The number of carbonyl (C=O) groups is 1. The van der Waals surface area contributed by atoms with E-state index >= 15 is 0 Å². The lowest BCUT2D eigenvalue weighted by molar-refractivity contribution is 0.0893. The lowest BCUT2D eigenvalue weighted by Gasteiger charge is -2.27. The van der Waals surface area contributed by atoms with E-state index in [0.29, 0.717) is 29.9 Å². The van der Waals surface area contributed by atoms with E-state index in [1.807, 2.05) is 32.0 Å². The van der Waals surface area contributed by atoms with E-state index < -0.39 is 0 Å². The molecule has 1 N–H and O–H groups in total. The molecular formula is C19H24N2O3. The SMILES string of the molecule is Cc1cccc2c1OCC[C@@H]2NC(=O)c1oc(CC(C)C)nc1C. The maximum atomic E-state index is 12.6. The highest BCUT2D eigenvalue weighted by Crippen LogP contribution is 2.34. The van der Waals surface area contributed by atoms with Crippen LogP contribution < -0.4 is 10.1 Å². The highest BCUT2D eigenvalue weighted by Gasteiger charge is 2.26. The Hall–Kier alpha value is -2.30. The van der Waals surface area contributed by atoms with E-state index in [1.165, 1.54) is 0 Å². The highest BCUT2D eigenvalue weighted by atomic mass is 16.5. The second-order valence-corrected chi connectivity index (χ2v) is 6.78. The van der Waals surface area contributed by atoms with Gasteiger partial charge in [0.2, 0.25) is 5.76 Å². The van der Waals surface area contributed by atoms with Crippen molar-refractivity contribution in [3.05, 3.63) is 46.7 Å². The third kappa shape index (κ3) is 3.30. The molecule has 0 unspecified atom stereocenters. The molecule has 3 rings (SSSR count). The summed E-state index contributed by atoms with van der Waals surface area (Å²) < 4.78 is 11.4. The van der Waals surface area contributed by atoms with E-state index in [0.717, 1.165) is 29.7 Å². The molecule has 5 heteroatoms. The Morgan fingerprint density at radius 1 is 1.38 bits per heavy atom. The Kier molecular flexibility index (Phi) is 4.60. The van der Waals surface area contributed by atoms with E-state index in [9.17, 15) is 4.79 Å². The quantitative estimate of drug-likeness (QED) is 0.928. The van der Waals surface area contributed by atoms with E-state index in [-0.39, 0.29) is 11.9 Å². The number of nitrogens with zero attached hydrogens (tertiary/aromatic N) is 1. The van der Waals surface area contributed by atoms with Crippen molar-refractivity contribution in [1.29, 1.82) is 0 Å². The maximum absolute atomic E-state index is 12.6. The van der Waals surface area contributed by atoms with Crippen LogP contribution in [0.15, 0.2) is 22.6 Å². The molecule has 2 aromatic rings. The van der Waals surface area contributed by atoms with Gasteiger partial charge in [-0.15, -0.1) is 0 Å². The smallest absolute Gasteiger partial charge is 0.289 e. The van der Waals surface area contributed by atoms with E-state index in [4.69, 9.17) is 9.15 Å². The molecule has 0 bridgehead atoms. The summed E-state index contributed by atoms with van der Waals surface area (Å²) in [4.78, 5) is 17.0. The summed E-state index contributed by atoms with van der Waals surface area (Å²) in [6.07, 6.45) is 1.47. The highest BCUT2D eigenvalue weighted by molar-refractivity contribution is 5.92. The number of amides is 1. The van der Waals surface area contributed by atoms with Crippen molar-refractivity contribution in [3.63, 3.8) is 0 Å². The van der Waals surface area contributed by atoms with Crippen LogP contribution in [-0.4, -0.2) is 17.5 Å². The van der Waals surface area contributed by atoms with E-state index in [2.05, 4.69) is 24.1 Å². The Bertz CT molecular complexity index is 749. The van der Waals surface area contributed by atoms with Gasteiger partial charge >= 0.3 is 0 Å². The molecule has 1 aromatic carbocycles. The average Bonchev–Trinajstić information content (AvgIpc) is 2.88. The minimum Gasteiger partial charge on any atom is -0.493 e. The molecule has 1 aromatic heterocycles. The van der Waals surface area contributed by atoms with Crippen LogP contribution in [0.1, 0.15) is 59.6 Å². The van der Waals surface area contributed by atoms with Crippen molar-refractivity contribution in [2.24, 2.45) is 5.92 Å². The molecular weight excluding hydrogens is 304 g/mol. The van der Waals surface area contributed by atoms with Crippen molar-refractivity contribution in [1.82, 2.24) is 10.3 Å². The fourth-order valence-electron chi connectivity index (χ4n) is 3.05. The predicted molar refractivity (Wildman–Crippen MR) is 91.3 cm³/mol. The number of rotatable bonds is 4. The fraction of sp³-hybridized carbons (Fsp3) is 0.474. The lowest BCUT2D eigenvalue weighted by atomic mass is 9.98. The predicted octanol–water partition coefficient (Wildman–Crippen LogP) is 3.74. The largest absolute Gasteiger partial charge is 0.493 e. The summed E-state index contributed by atoms with van der Waals surface area (Å²) in [5, 5.41) is 3.07. The van der Waals surface area contributed by atoms with Crippen molar-refractivity contribution in [3.8, 4) is 5.75 Å². The van der Waals surface area contributed by atoms with Gasteiger partial charge in [0.25, 0.3) is 5.91 Å². The summed E-state index contributed by atoms with van der Waals surface area (Å²) in [7, 11) is 0. The third-order valence-electron chi connectivity index (χ3n) is 4.21. The number of carbonyl (C=O) groups excluding carboxylic acids is 1. The number of oxazole rings is 1. The molecule has 1 aliphatic heterocycles. The van der Waals surface area contributed by atoms with Gasteiger partial charge in [0.05, 0.1) is 18.3 Å². The standard InChI is InChI=1S/C19H24N2O3/c1-11(2)10-16-20-13(4)18(24-16)19(22)21-15-8-9-23-17-12(3)6-5-7-14(15)17/h5-7,11,15H,8-10H2,1-4H3,(H,21,22)/t15-/m0/s1. The van der Waals surface area contributed by atoms with Gasteiger partial charge in [0.15, 0.2) is 5.89 Å². The fourth-order valence-corrected chi connectivity index (χ4v) is 3.05. The first-order valence-corrected chi connectivity index (χ1v) is 8.45. The summed E-state index contributed by atoms with van der Waals surface area (Å²) in [6.45, 7) is 8.62. The van der Waals surface area contributed by atoms with E-state index in [1.54, 1.807) is 0 Å². The van der Waals surface area contributed by atoms with Gasteiger partial charge in [0, 0.05) is 18.4 Å². The minimum absolute atomic E-state index is 0.0702. The lowest BCUT2D eigenvalue weighted by Crippen LogP contribution is -2.32. The summed E-state index contributed by atoms with van der Waals surface area (Å²) in [5.41, 5.74) is 2.75. The van der Waals surface area contributed by atoms with Crippen LogP contribution in [0.3, 0.4) is 0 Å². The summed E-state index contributed by atoms with van der Waals surface area (Å²) in [5.74, 6) is 2.03. The zero-order valence-electron chi connectivity index (χ0n) is 14.7. The van der Waals surface area contributed by atoms with Crippen molar-refractivity contribution < 1.29 is 13.9 Å². The minimum atomic E-state index is -0.214. The van der Waals surface area contributed by atoms with Gasteiger partial charge < -0.3 is 14.5 Å². The second-order valence-electron chi connectivity index (χ2n) is 6.78. The first-order valence-electron chi connectivity index (χ1n) is 8.45. The second kappa shape index (κ2) is 6.67. The number of benzene rings is 1. The van der Waals surface area contributed by atoms with Crippen LogP contribution in [0.25, 0.3) is 0 Å². The van der Waals surface area contributed by atoms with Crippen molar-refractivity contribution >= 4 is 5.91 Å². The third-order valence-corrected chi connectivity index (χ3v) is 4.21. The Morgan fingerprint density at radius 3 is 2.92 bits per heavy atom. The number of hydrogen-bond acceptors (Lipinski definition) is 4. The molecule has 24 heavy (non-hydrogen) atoms. The summed E-state index contributed by atoms with van der Waals surface area (Å²) >= 11 is 0. The molecule has 128 valence electrons. The molecule has 0 fully saturated rings. The van der Waals surface area contributed by atoms with Gasteiger partial charge in [-0.25, -0.2) is 4.98 Å². The number of aromatic nitrogens is 1. The van der Waals surface area contributed by atoms with Crippen LogP contribution in [0.5, 0.6) is 5.75 Å². The van der Waals surface area contributed by atoms with Gasteiger partial charge in [0.1, 0.15) is 5.75 Å². The average molecular weight is 328 g/mol. The Labute approximate surface area is 142 Å². The van der Waals surface area contributed by atoms with Gasteiger partial charge in [-0.3, -0.25) is 4.79 Å². The number of nitrogens with one attached hydrogen (secondary N) is 1. The first-order chi connectivity index (χ1) is 11.5. The topological polar surface area (TPSA) is 64.4 Å². The van der Waals surface area contributed by atoms with Gasteiger partial charge in [-0.2, -0.15) is 0 Å². The van der Waals surface area contributed by atoms with Crippen LogP contribution in [0.2, 0.25) is 0 Å². The van der Waals surface area contributed by atoms with Crippen LogP contribution in [0, 0.1) is 19.8 Å². The molecule has 2 heterocycles. The summed E-state index contributed by atoms with van der Waals surface area (Å²) in [6, 6.07) is 5.94. The molecule has 1 atom stereocenters. The number of hydrogen-bond donors (Lipinski definition) is 1. The Morgan fingerprint density at radius 2 is 2.17 bits per heavy atom. The van der Waals surface area contributed by atoms with Crippen LogP contribution in [0.4, 0.5) is 0 Å². The van der Waals surface area contributed by atoms with Gasteiger partial charge in [-0.1, -0.05) is 32.0 Å². The zero-order valence-corrected chi connectivity index (χ0v) is 14.7. The molecule has 0 saturated heterocycles. The number of ether oxygens (including phenoxy) is 1. The molecule has 0 saturated carbocycles. The molecule has 0 radical (unpaired) electrons. The maximum Gasteiger partial charge on any atom is 0.289 e. The molecule has 0 aliphatic carbocycles. The Balaban J connectivity index is 1.79. The van der Waals surface area contributed by atoms with Crippen molar-refractivity contribution in [2.45, 2.75) is 46.6 Å². The normalized spacial score (nSPS) is 16.6. The monoisotopic (exact) mass is 328 g/mol. The van der Waals surface area contributed by atoms with Crippen LogP contribution >= 0.6 is 0 Å². The number of fused-ring (bicyclic) bond motifs is 1. The molecule has 1 aliphatic rings. The van der Waals surface area contributed by atoms with Crippen LogP contribution in [-0.2, 0) is 6.42 Å². The molecule has 5 nitrogen and oxygen atoms in total. The van der Waals surface area contributed by atoms with Gasteiger partial charge in [-0.05, 0) is 25.3 Å². The first kappa shape index (κ1) is 16.6. The molecule has 1 amide bonds. The number of para-hydroxylation sites is 1. The van der Waals surface area contributed by atoms with Crippen molar-refractivity contribution in [2.75, 3.05) is 6.61 Å². The number of aryl methyl sites for hydroxylation is 2. The molecule has 0 spiro atoms.